The molecular weight excluding hydrogens is 238 g/mol. The van der Waals surface area contributed by atoms with Gasteiger partial charge in [-0.3, -0.25) is 0 Å². The molecule has 19 heavy (non-hydrogen) atoms. The Balaban J connectivity index is 2.15. The average Bonchev–Trinajstić information content (AvgIpc) is 2.67. The van der Waals surface area contributed by atoms with Gasteiger partial charge in [-0.15, -0.1) is 0 Å². The van der Waals surface area contributed by atoms with Gasteiger partial charge < -0.3 is 15.0 Å². The number of nitrogens with zero attached hydrogens (tertiary/aromatic N) is 2. The van der Waals surface area contributed by atoms with Crippen molar-refractivity contribution in [3.8, 4) is 11.8 Å². The van der Waals surface area contributed by atoms with Crippen molar-refractivity contribution in [2.75, 3.05) is 5.32 Å². The number of anilines is 1. The van der Waals surface area contributed by atoms with E-state index in [0.717, 1.165) is 22.5 Å². The van der Waals surface area contributed by atoms with Gasteiger partial charge in [0.1, 0.15) is 17.5 Å². The lowest BCUT2D eigenvalue weighted by Crippen LogP contribution is -2.01. The first-order valence-electron chi connectivity index (χ1n) is 6.11. The topological polar surface area (TPSA) is 61.0 Å². The van der Waals surface area contributed by atoms with E-state index < -0.39 is 0 Å². The molecule has 0 atom stereocenters. The van der Waals surface area contributed by atoms with Crippen LogP contribution < -0.4 is 5.32 Å². The normalized spacial score (nSPS) is 10.2. The van der Waals surface area contributed by atoms with Gasteiger partial charge in [0.15, 0.2) is 0 Å². The van der Waals surface area contributed by atoms with Gasteiger partial charge in [0.25, 0.3) is 0 Å². The minimum Gasteiger partial charge on any atom is -0.508 e. The van der Waals surface area contributed by atoms with Crippen molar-refractivity contribution < 1.29 is 5.11 Å². The van der Waals surface area contributed by atoms with Crippen LogP contribution in [0.4, 0.5) is 5.69 Å². The zero-order chi connectivity index (χ0) is 14.0. The summed E-state index contributed by atoms with van der Waals surface area (Å²) in [5.41, 5.74) is 4.53. The number of nitrogens with one attached hydrogen (secondary N) is 1. The summed E-state index contributed by atoms with van der Waals surface area (Å²) in [6.07, 6.45) is 0. The van der Waals surface area contributed by atoms with Gasteiger partial charge in [0, 0.05) is 31.0 Å². The third-order valence-corrected chi connectivity index (χ3v) is 3.45. The molecule has 4 nitrogen and oxygen atoms in total. The van der Waals surface area contributed by atoms with Crippen LogP contribution in [-0.2, 0) is 13.6 Å². The first kappa shape index (κ1) is 13.0. The van der Waals surface area contributed by atoms with Crippen molar-refractivity contribution in [3.63, 3.8) is 0 Å². The minimum absolute atomic E-state index is 0.285. The number of phenolic OH excluding ortho intramolecular Hbond substituents is 1. The number of rotatable bonds is 3. The molecule has 0 bridgehead atoms. The van der Waals surface area contributed by atoms with E-state index in [4.69, 9.17) is 5.26 Å². The van der Waals surface area contributed by atoms with E-state index in [1.807, 2.05) is 43.7 Å². The Morgan fingerprint density at radius 1 is 1.32 bits per heavy atom. The predicted octanol–water partition coefficient (Wildman–Crippen LogP) is 2.83. The third kappa shape index (κ3) is 2.55. The number of aromatic hydroxyl groups is 1. The quantitative estimate of drug-likeness (QED) is 0.886. The average molecular weight is 255 g/mol. The van der Waals surface area contributed by atoms with E-state index in [1.54, 1.807) is 6.07 Å². The summed E-state index contributed by atoms with van der Waals surface area (Å²) in [5.74, 6) is 0.285. The number of hydrogen-bond acceptors (Lipinski definition) is 3. The standard InChI is InChI=1S/C15H17N3O/c1-10-4-5-13(7-15(10)19)17-9-12-6-14(8-16)18(3)11(12)2/h4-7,17,19H,9H2,1-3H3. The van der Waals surface area contributed by atoms with E-state index in [0.29, 0.717) is 12.2 Å². The second kappa shape index (κ2) is 5.07. The number of hydrogen-bond donors (Lipinski definition) is 2. The molecule has 0 radical (unpaired) electrons. The maximum Gasteiger partial charge on any atom is 0.120 e. The Bertz CT molecular complexity index is 650. The fourth-order valence-electron chi connectivity index (χ4n) is 1.97. The summed E-state index contributed by atoms with van der Waals surface area (Å²) in [6, 6.07) is 9.56. The molecule has 0 fully saturated rings. The molecule has 0 saturated carbocycles. The molecule has 0 aliphatic carbocycles. The van der Waals surface area contributed by atoms with Gasteiger partial charge in [0.05, 0.1) is 0 Å². The maximum atomic E-state index is 9.65. The fourth-order valence-corrected chi connectivity index (χ4v) is 1.97. The molecule has 0 spiro atoms. The Hall–Kier alpha value is -2.41. The highest BCUT2D eigenvalue weighted by Gasteiger charge is 2.08. The van der Waals surface area contributed by atoms with Gasteiger partial charge in [-0.05, 0) is 37.1 Å². The van der Waals surface area contributed by atoms with Crippen LogP contribution in [0.5, 0.6) is 5.75 Å². The zero-order valence-electron chi connectivity index (χ0n) is 11.4. The summed E-state index contributed by atoms with van der Waals surface area (Å²) in [6.45, 7) is 4.48. The second-order valence-corrected chi connectivity index (χ2v) is 4.67. The van der Waals surface area contributed by atoms with Crippen LogP contribution in [0.15, 0.2) is 24.3 Å². The summed E-state index contributed by atoms with van der Waals surface area (Å²) in [4.78, 5) is 0. The van der Waals surface area contributed by atoms with Crippen molar-refractivity contribution >= 4 is 5.69 Å². The third-order valence-electron chi connectivity index (χ3n) is 3.45. The smallest absolute Gasteiger partial charge is 0.120 e. The maximum absolute atomic E-state index is 9.65. The first-order chi connectivity index (χ1) is 9.02. The Kier molecular flexibility index (Phi) is 3.48. The highest BCUT2D eigenvalue weighted by Crippen LogP contribution is 2.22. The Morgan fingerprint density at radius 3 is 2.63 bits per heavy atom. The molecule has 4 heteroatoms. The lowest BCUT2D eigenvalue weighted by molar-refractivity contribution is 0.471. The van der Waals surface area contributed by atoms with E-state index >= 15 is 0 Å². The minimum atomic E-state index is 0.285. The van der Waals surface area contributed by atoms with E-state index in [9.17, 15) is 5.11 Å². The molecule has 0 amide bonds. The molecule has 0 saturated heterocycles. The molecular formula is C15H17N3O. The molecule has 2 N–H and O–H groups in total. The van der Waals surface area contributed by atoms with Gasteiger partial charge >= 0.3 is 0 Å². The summed E-state index contributed by atoms with van der Waals surface area (Å²) in [7, 11) is 1.88. The van der Waals surface area contributed by atoms with Crippen molar-refractivity contribution in [2.24, 2.45) is 7.05 Å². The molecule has 1 heterocycles. The number of aryl methyl sites for hydroxylation is 1. The first-order valence-corrected chi connectivity index (χ1v) is 6.11. The van der Waals surface area contributed by atoms with Crippen molar-refractivity contribution in [1.29, 1.82) is 5.26 Å². The van der Waals surface area contributed by atoms with E-state index in [1.165, 1.54) is 0 Å². The molecule has 1 aromatic heterocycles. The van der Waals surface area contributed by atoms with Crippen LogP contribution >= 0.6 is 0 Å². The Morgan fingerprint density at radius 2 is 2.05 bits per heavy atom. The highest BCUT2D eigenvalue weighted by molar-refractivity contribution is 5.51. The lowest BCUT2D eigenvalue weighted by atomic mass is 10.2. The van der Waals surface area contributed by atoms with Crippen LogP contribution in [0.1, 0.15) is 22.5 Å². The van der Waals surface area contributed by atoms with Gasteiger partial charge in [-0.1, -0.05) is 6.07 Å². The van der Waals surface area contributed by atoms with Gasteiger partial charge in [0.2, 0.25) is 0 Å². The SMILES string of the molecule is Cc1ccc(NCc2cc(C#N)n(C)c2C)cc1O. The highest BCUT2D eigenvalue weighted by atomic mass is 16.3. The number of benzene rings is 1. The Labute approximate surface area is 112 Å². The molecule has 0 unspecified atom stereocenters. The molecule has 1 aromatic carbocycles. The summed E-state index contributed by atoms with van der Waals surface area (Å²) >= 11 is 0. The van der Waals surface area contributed by atoms with E-state index in [2.05, 4.69) is 11.4 Å². The molecule has 0 aliphatic rings. The molecule has 2 aromatic rings. The van der Waals surface area contributed by atoms with Crippen molar-refractivity contribution in [1.82, 2.24) is 4.57 Å². The summed E-state index contributed by atoms with van der Waals surface area (Å²) < 4.78 is 1.88. The van der Waals surface area contributed by atoms with Crippen molar-refractivity contribution in [2.45, 2.75) is 20.4 Å². The van der Waals surface area contributed by atoms with Crippen LogP contribution in [0.2, 0.25) is 0 Å². The van der Waals surface area contributed by atoms with Crippen LogP contribution in [-0.4, -0.2) is 9.67 Å². The molecule has 98 valence electrons. The largest absolute Gasteiger partial charge is 0.508 e. The number of aromatic nitrogens is 1. The predicted molar refractivity (Wildman–Crippen MR) is 75.0 cm³/mol. The second-order valence-electron chi connectivity index (χ2n) is 4.67. The van der Waals surface area contributed by atoms with Gasteiger partial charge in [-0.2, -0.15) is 5.26 Å². The van der Waals surface area contributed by atoms with E-state index in [-0.39, 0.29) is 5.75 Å². The van der Waals surface area contributed by atoms with Crippen molar-refractivity contribution in [3.05, 3.63) is 46.8 Å². The lowest BCUT2D eigenvalue weighted by Gasteiger charge is -2.08. The number of nitriles is 1. The molecule has 0 aliphatic heterocycles. The monoisotopic (exact) mass is 255 g/mol. The van der Waals surface area contributed by atoms with Crippen LogP contribution in [0.25, 0.3) is 0 Å². The van der Waals surface area contributed by atoms with Gasteiger partial charge in [-0.25, -0.2) is 0 Å². The zero-order valence-corrected chi connectivity index (χ0v) is 11.4. The summed E-state index contributed by atoms with van der Waals surface area (Å²) in [5, 5.41) is 21.9. The van der Waals surface area contributed by atoms with Crippen LogP contribution in [0.3, 0.4) is 0 Å². The molecule has 2 rings (SSSR count). The fraction of sp³-hybridized carbons (Fsp3) is 0.267. The van der Waals surface area contributed by atoms with Crippen LogP contribution in [0, 0.1) is 25.2 Å². The number of phenols is 1.